The van der Waals surface area contributed by atoms with Crippen LogP contribution in [0.5, 0.6) is 11.5 Å². The summed E-state index contributed by atoms with van der Waals surface area (Å²) in [5.74, 6) is 0.811. The van der Waals surface area contributed by atoms with E-state index in [0.29, 0.717) is 35.9 Å². The van der Waals surface area contributed by atoms with Gasteiger partial charge in [-0.1, -0.05) is 19.1 Å². The van der Waals surface area contributed by atoms with Gasteiger partial charge in [0.2, 0.25) is 0 Å². The average Bonchev–Trinajstić information content (AvgIpc) is 2.49. The predicted molar refractivity (Wildman–Crippen MR) is 89.5 cm³/mol. The van der Waals surface area contributed by atoms with Crippen LogP contribution >= 0.6 is 0 Å². The lowest BCUT2D eigenvalue weighted by molar-refractivity contribution is -0.132. The lowest BCUT2D eigenvalue weighted by Gasteiger charge is -2.39. The highest BCUT2D eigenvalue weighted by molar-refractivity contribution is 6.04. The van der Waals surface area contributed by atoms with E-state index >= 15 is 0 Å². The molecule has 1 aromatic rings. The molecule has 2 rings (SSSR count). The third kappa shape index (κ3) is 3.38. The Kier molecular flexibility index (Phi) is 4.78. The second-order valence-corrected chi connectivity index (χ2v) is 6.29. The summed E-state index contributed by atoms with van der Waals surface area (Å²) in [6, 6.07) is 3.30. The lowest BCUT2D eigenvalue weighted by atomic mass is 10.0. The molecule has 0 saturated heterocycles. The van der Waals surface area contributed by atoms with Crippen LogP contribution in [-0.2, 0) is 4.79 Å². The molecule has 0 unspecified atom stereocenters. The number of aldehydes is 1. The molecule has 1 aliphatic rings. The first-order valence-corrected chi connectivity index (χ1v) is 7.71. The van der Waals surface area contributed by atoms with Gasteiger partial charge in [-0.3, -0.25) is 9.59 Å². The van der Waals surface area contributed by atoms with Crippen LogP contribution in [0, 0.1) is 0 Å². The number of amides is 1. The van der Waals surface area contributed by atoms with Crippen molar-refractivity contribution >= 4 is 17.9 Å². The van der Waals surface area contributed by atoms with Gasteiger partial charge >= 0.3 is 0 Å². The Morgan fingerprint density at radius 3 is 2.70 bits per heavy atom. The zero-order valence-corrected chi connectivity index (χ0v) is 14.1. The number of rotatable bonds is 6. The van der Waals surface area contributed by atoms with Gasteiger partial charge in [-0.2, -0.15) is 0 Å². The molecule has 1 amide bonds. The minimum atomic E-state index is -1.00. The van der Waals surface area contributed by atoms with Gasteiger partial charge in [0.1, 0.15) is 6.29 Å². The van der Waals surface area contributed by atoms with Crippen LogP contribution in [-0.4, -0.2) is 30.9 Å². The van der Waals surface area contributed by atoms with Crippen LogP contribution in [0.2, 0.25) is 0 Å². The van der Waals surface area contributed by atoms with Crippen molar-refractivity contribution in [2.24, 2.45) is 0 Å². The summed E-state index contributed by atoms with van der Waals surface area (Å²) >= 11 is 0. The van der Waals surface area contributed by atoms with E-state index < -0.39 is 5.60 Å². The molecule has 0 spiro atoms. The Balaban J connectivity index is 2.61. The summed E-state index contributed by atoms with van der Waals surface area (Å²) in [4.78, 5) is 25.5. The number of ether oxygens (including phenoxy) is 2. The first-order valence-electron chi connectivity index (χ1n) is 7.71. The first kappa shape index (κ1) is 17.1. The molecule has 5 heteroatoms. The van der Waals surface area contributed by atoms with E-state index in [4.69, 9.17) is 9.47 Å². The third-order valence-electron chi connectivity index (χ3n) is 3.49. The van der Waals surface area contributed by atoms with Crippen molar-refractivity contribution in [3.63, 3.8) is 0 Å². The van der Waals surface area contributed by atoms with Gasteiger partial charge < -0.3 is 14.4 Å². The summed E-state index contributed by atoms with van der Waals surface area (Å²) in [7, 11) is 0. The van der Waals surface area contributed by atoms with Crippen molar-refractivity contribution in [1.82, 2.24) is 0 Å². The average molecular weight is 317 g/mol. The number of benzene rings is 1. The number of hydrogen-bond acceptors (Lipinski definition) is 4. The largest absolute Gasteiger partial charge is 0.490 e. The van der Waals surface area contributed by atoms with Gasteiger partial charge in [0.25, 0.3) is 5.91 Å². The Hall–Kier alpha value is -2.30. The maximum atomic E-state index is 12.7. The molecule has 1 aromatic carbocycles. The molecule has 1 heterocycles. The molecule has 0 aromatic heterocycles. The van der Waals surface area contributed by atoms with E-state index in [1.54, 1.807) is 30.9 Å². The van der Waals surface area contributed by atoms with Crippen molar-refractivity contribution in [3.8, 4) is 11.5 Å². The van der Waals surface area contributed by atoms with E-state index in [9.17, 15) is 9.59 Å². The molecule has 0 radical (unpaired) electrons. The number of carbonyl (C=O) groups excluding carboxylic acids is 2. The predicted octanol–water partition coefficient (Wildman–Crippen LogP) is 3.37. The summed E-state index contributed by atoms with van der Waals surface area (Å²) in [5, 5.41) is 0. The van der Waals surface area contributed by atoms with Gasteiger partial charge in [-0.25, -0.2) is 0 Å². The van der Waals surface area contributed by atoms with Crippen LogP contribution in [0.4, 0.5) is 5.69 Å². The molecule has 0 bridgehead atoms. The van der Waals surface area contributed by atoms with Crippen molar-refractivity contribution in [2.75, 3.05) is 18.1 Å². The Morgan fingerprint density at radius 2 is 2.13 bits per heavy atom. The monoisotopic (exact) mass is 317 g/mol. The van der Waals surface area contributed by atoms with Crippen LogP contribution in [0.3, 0.4) is 0 Å². The Bertz CT molecular complexity index is 649. The van der Waals surface area contributed by atoms with E-state index in [0.717, 1.165) is 18.3 Å². The molecule has 1 aliphatic heterocycles. The third-order valence-corrected chi connectivity index (χ3v) is 3.49. The fourth-order valence-corrected chi connectivity index (χ4v) is 2.46. The second-order valence-electron chi connectivity index (χ2n) is 6.29. The minimum absolute atomic E-state index is 0.169. The maximum Gasteiger partial charge on any atom is 0.270 e. The highest BCUT2D eigenvalue weighted by Crippen LogP contribution is 2.45. The van der Waals surface area contributed by atoms with Crippen LogP contribution < -0.4 is 14.4 Å². The molecule has 0 fully saturated rings. The molecule has 0 atom stereocenters. The number of carbonyl (C=O) groups is 2. The number of anilines is 1. The van der Waals surface area contributed by atoms with E-state index in [1.165, 1.54) is 0 Å². The molecule has 124 valence electrons. The van der Waals surface area contributed by atoms with Crippen molar-refractivity contribution in [2.45, 2.75) is 39.7 Å². The highest BCUT2D eigenvalue weighted by Gasteiger charge is 2.42. The van der Waals surface area contributed by atoms with Crippen LogP contribution in [0.25, 0.3) is 0 Å². The van der Waals surface area contributed by atoms with Gasteiger partial charge in [0, 0.05) is 12.1 Å². The minimum Gasteiger partial charge on any atom is -0.490 e. The van der Waals surface area contributed by atoms with Crippen LogP contribution in [0.15, 0.2) is 24.3 Å². The zero-order valence-electron chi connectivity index (χ0n) is 14.1. The van der Waals surface area contributed by atoms with Gasteiger partial charge in [-0.15, -0.1) is 0 Å². The molecular formula is C18H23NO4. The Labute approximate surface area is 136 Å². The Morgan fingerprint density at radius 1 is 1.43 bits per heavy atom. The number of hydrogen-bond donors (Lipinski definition) is 0. The van der Waals surface area contributed by atoms with Crippen molar-refractivity contribution in [1.29, 1.82) is 0 Å². The molecule has 0 aliphatic carbocycles. The van der Waals surface area contributed by atoms with Gasteiger partial charge in [-0.05, 0) is 39.3 Å². The molecule has 5 nitrogen and oxygen atoms in total. The molecule has 23 heavy (non-hydrogen) atoms. The topological polar surface area (TPSA) is 55.8 Å². The van der Waals surface area contributed by atoms with Gasteiger partial charge in [0.05, 0.1) is 12.3 Å². The first-order chi connectivity index (χ1) is 10.8. The lowest BCUT2D eigenvalue weighted by Crippen LogP contribution is -2.53. The smallest absolute Gasteiger partial charge is 0.270 e. The number of fused-ring (bicyclic) bond motifs is 1. The SMILES string of the molecule is C=C(C)CN1C(=O)C(C)(C)Oc2c(OCCC)cc(C=O)cc21. The standard InChI is InChI=1S/C18H23NO4/c1-6-7-22-15-9-13(11-20)8-14-16(15)23-18(4,5)17(21)19(14)10-12(2)3/h8-9,11H,2,6-7,10H2,1,3-5H3. The fourth-order valence-electron chi connectivity index (χ4n) is 2.46. The normalized spacial score (nSPS) is 15.7. The molecule has 0 saturated carbocycles. The van der Waals surface area contributed by atoms with Crippen molar-refractivity contribution < 1.29 is 19.1 Å². The van der Waals surface area contributed by atoms with E-state index in [2.05, 4.69) is 6.58 Å². The fraction of sp³-hybridized carbons (Fsp3) is 0.444. The van der Waals surface area contributed by atoms with E-state index in [1.807, 2.05) is 13.8 Å². The van der Waals surface area contributed by atoms with E-state index in [-0.39, 0.29) is 5.91 Å². The molecular weight excluding hydrogens is 294 g/mol. The number of nitrogens with zero attached hydrogens (tertiary/aromatic N) is 1. The summed E-state index contributed by atoms with van der Waals surface area (Å²) in [6.07, 6.45) is 1.57. The van der Waals surface area contributed by atoms with Crippen molar-refractivity contribution in [3.05, 3.63) is 29.8 Å². The summed E-state index contributed by atoms with van der Waals surface area (Å²) in [6.45, 7) is 12.1. The quantitative estimate of drug-likeness (QED) is 0.596. The molecule has 0 N–H and O–H groups in total. The maximum absolute atomic E-state index is 12.7. The van der Waals surface area contributed by atoms with Gasteiger partial charge in [0.15, 0.2) is 17.1 Å². The zero-order chi connectivity index (χ0) is 17.2. The summed E-state index contributed by atoms with van der Waals surface area (Å²) in [5.41, 5.74) is 0.829. The highest BCUT2D eigenvalue weighted by atomic mass is 16.5. The van der Waals surface area contributed by atoms with Crippen LogP contribution in [0.1, 0.15) is 44.5 Å². The second kappa shape index (κ2) is 6.44. The summed E-state index contributed by atoms with van der Waals surface area (Å²) < 4.78 is 11.6.